The number of aryl methyl sites for hydroxylation is 2. The fourth-order valence-electron chi connectivity index (χ4n) is 1.90. The fourth-order valence-corrected chi connectivity index (χ4v) is 2.10. The zero-order valence-electron chi connectivity index (χ0n) is 11.2. The lowest BCUT2D eigenvalue weighted by molar-refractivity contribution is 0.0707. The predicted molar refractivity (Wildman–Crippen MR) is 74.4 cm³/mol. The lowest BCUT2D eigenvalue weighted by Crippen LogP contribution is -2.35. The molecular weight excluding hydrogens is 250 g/mol. The summed E-state index contributed by atoms with van der Waals surface area (Å²) in [7, 11) is 1.63. The van der Waals surface area contributed by atoms with E-state index in [9.17, 15) is 4.79 Å². The minimum absolute atomic E-state index is 0.0134. The molecule has 1 aromatic rings. The number of nitrogens with zero attached hydrogens (tertiary/aromatic N) is 1. The Labute approximate surface area is 114 Å². The fraction of sp³-hybridized carbons (Fsp3) is 0.500. The summed E-state index contributed by atoms with van der Waals surface area (Å²) in [5, 5.41) is 0. The van der Waals surface area contributed by atoms with Gasteiger partial charge in [0.15, 0.2) is 0 Å². The Balaban J connectivity index is 2.86. The molecule has 0 spiro atoms. The minimum Gasteiger partial charge on any atom is -0.383 e. The summed E-state index contributed by atoms with van der Waals surface area (Å²) >= 11 is 5.73. The van der Waals surface area contributed by atoms with Crippen molar-refractivity contribution in [3.8, 4) is 0 Å². The second kappa shape index (κ2) is 7.39. The summed E-state index contributed by atoms with van der Waals surface area (Å²) in [5.41, 5.74) is 2.90. The van der Waals surface area contributed by atoms with Gasteiger partial charge in [-0.15, -0.1) is 11.6 Å². The highest BCUT2D eigenvalue weighted by Gasteiger charge is 2.15. The van der Waals surface area contributed by atoms with Gasteiger partial charge in [0.05, 0.1) is 6.61 Å². The van der Waals surface area contributed by atoms with Crippen LogP contribution in [0.2, 0.25) is 0 Å². The van der Waals surface area contributed by atoms with Gasteiger partial charge in [0, 0.05) is 31.6 Å². The van der Waals surface area contributed by atoms with Crippen molar-refractivity contribution in [3.63, 3.8) is 0 Å². The van der Waals surface area contributed by atoms with E-state index in [1.165, 1.54) is 0 Å². The average molecular weight is 270 g/mol. The van der Waals surface area contributed by atoms with Crippen LogP contribution >= 0.6 is 11.6 Å². The molecule has 0 aliphatic heterocycles. The van der Waals surface area contributed by atoms with Crippen LogP contribution in [0.4, 0.5) is 0 Å². The van der Waals surface area contributed by atoms with Crippen LogP contribution in [-0.2, 0) is 4.74 Å². The van der Waals surface area contributed by atoms with E-state index in [1.54, 1.807) is 12.0 Å². The van der Waals surface area contributed by atoms with Crippen molar-refractivity contribution in [2.75, 3.05) is 32.7 Å². The van der Waals surface area contributed by atoms with Crippen LogP contribution in [0.15, 0.2) is 18.2 Å². The van der Waals surface area contributed by atoms with E-state index in [-0.39, 0.29) is 5.91 Å². The van der Waals surface area contributed by atoms with E-state index in [4.69, 9.17) is 16.3 Å². The quantitative estimate of drug-likeness (QED) is 0.743. The second-order valence-electron chi connectivity index (χ2n) is 4.35. The molecule has 0 aromatic heterocycles. The number of halogens is 1. The summed E-state index contributed by atoms with van der Waals surface area (Å²) < 4.78 is 5.02. The number of carbonyl (C=O) groups excluding carboxylic acids is 1. The van der Waals surface area contributed by atoms with E-state index in [0.29, 0.717) is 31.1 Å². The number of amides is 1. The van der Waals surface area contributed by atoms with E-state index in [0.717, 1.165) is 11.1 Å². The van der Waals surface area contributed by atoms with Crippen LogP contribution in [0.5, 0.6) is 0 Å². The van der Waals surface area contributed by atoms with E-state index >= 15 is 0 Å². The minimum atomic E-state index is 0.0134. The third kappa shape index (κ3) is 4.31. The predicted octanol–water partition coefficient (Wildman–Crippen LogP) is 2.63. The number of methoxy groups -OCH3 is 1. The van der Waals surface area contributed by atoms with Crippen molar-refractivity contribution in [2.45, 2.75) is 13.8 Å². The highest BCUT2D eigenvalue weighted by Crippen LogP contribution is 2.11. The summed E-state index contributed by atoms with van der Waals surface area (Å²) in [6, 6.07) is 5.87. The molecule has 0 N–H and O–H groups in total. The first-order valence-corrected chi connectivity index (χ1v) is 6.54. The molecule has 4 heteroatoms. The number of benzene rings is 1. The maximum absolute atomic E-state index is 12.4. The smallest absolute Gasteiger partial charge is 0.253 e. The molecule has 18 heavy (non-hydrogen) atoms. The number of alkyl halides is 1. The first kappa shape index (κ1) is 15.0. The van der Waals surface area contributed by atoms with E-state index < -0.39 is 0 Å². The largest absolute Gasteiger partial charge is 0.383 e. The van der Waals surface area contributed by atoms with Crippen LogP contribution in [0.3, 0.4) is 0 Å². The van der Waals surface area contributed by atoms with Gasteiger partial charge in [0.2, 0.25) is 0 Å². The lowest BCUT2D eigenvalue weighted by Gasteiger charge is -2.21. The Bertz CT molecular complexity index is 387. The molecule has 0 saturated carbocycles. The SMILES string of the molecule is COCCN(CCCl)C(=O)c1cc(C)cc(C)c1. The van der Waals surface area contributed by atoms with Crippen LogP contribution in [0, 0.1) is 13.8 Å². The van der Waals surface area contributed by atoms with Gasteiger partial charge in [-0.05, 0) is 26.0 Å². The van der Waals surface area contributed by atoms with Crippen LogP contribution < -0.4 is 0 Å². The molecular formula is C14H20ClNO2. The van der Waals surface area contributed by atoms with E-state index in [1.807, 2.05) is 26.0 Å². The molecule has 1 aromatic carbocycles. The molecule has 0 aliphatic rings. The Kier molecular flexibility index (Phi) is 6.16. The molecule has 1 amide bonds. The van der Waals surface area contributed by atoms with Gasteiger partial charge in [0.1, 0.15) is 0 Å². The molecule has 0 unspecified atom stereocenters. The summed E-state index contributed by atoms with van der Waals surface area (Å²) in [6.45, 7) is 5.61. The Morgan fingerprint density at radius 3 is 2.33 bits per heavy atom. The summed E-state index contributed by atoms with van der Waals surface area (Å²) in [4.78, 5) is 14.1. The maximum Gasteiger partial charge on any atom is 0.253 e. The zero-order chi connectivity index (χ0) is 13.5. The number of hydrogen-bond donors (Lipinski definition) is 0. The standard InChI is InChI=1S/C14H20ClNO2/c1-11-8-12(2)10-13(9-11)14(17)16(5-4-15)6-7-18-3/h8-10H,4-7H2,1-3H3. The molecule has 0 heterocycles. The zero-order valence-corrected chi connectivity index (χ0v) is 12.0. The average Bonchev–Trinajstić information content (AvgIpc) is 2.32. The van der Waals surface area contributed by atoms with Gasteiger partial charge < -0.3 is 9.64 Å². The Hall–Kier alpha value is -1.06. The molecule has 0 fully saturated rings. The first-order chi connectivity index (χ1) is 8.58. The van der Waals surface area contributed by atoms with Gasteiger partial charge in [-0.3, -0.25) is 4.79 Å². The highest BCUT2D eigenvalue weighted by molar-refractivity contribution is 6.18. The molecule has 3 nitrogen and oxygen atoms in total. The monoisotopic (exact) mass is 269 g/mol. The van der Waals surface area contributed by atoms with Gasteiger partial charge in [-0.2, -0.15) is 0 Å². The van der Waals surface area contributed by atoms with Gasteiger partial charge in [-0.1, -0.05) is 17.2 Å². The van der Waals surface area contributed by atoms with E-state index in [2.05, 4.69) is 6.07 Å². The third-order valence-electron chi connectivity index (χ3n) is 2.68. The molecule has 0 bridgehead atoms. The summed E-state index contributed by atoms with van der Waals surface area (Å²) in [6.07, 6.45) is 0. The van der Waals surface area contributed by atoms with Crippen LogP contribution in [-0.4, -0.2) is 43.5 Å². The summed E-state index contributed by atoms with van der Waals surface area (Å²) in [5.74, 6) is 0.444. The van der Waals surface area contributed by atoms with Gasteiger partial charge in [0.25, 0.3) is 5.91 Å². The molecule has 0 radical (unpaired) electrons. The van der Waals surface area contributed by atoms with Crippen molar-refractivity contribution in [3.05, 3.63) is 34.9 Å². The lowest BCUT2D eigenvalue weighted by atomic mass is 10.1. The molecule has 1 rings (SSSR count). The first-order valence-electron chi connectivity index (χ1n) is 6.01. The van der Waals surface area contributed by atoms with Crippen LogP contribution in [0.1, 0.15) is 21.5 Å². The van der Waals surface area contributed by atoms with Gasteiger partial charge >= 0.3 is 0 Å². The van der Waals surface area contributed by atoms with Crippen molar-refractivity contribution in [1.29, 1.82) is 0 Å². The normalized spacial score (nSPS) is 10.4. The van der Waals surface area contributed by atoms with Crippen molar-refractivity contribution < 1.29 is 9.53 Å². The maximum atomic E-state index is 12.4. The third-order valence-corrected chi connectivity index (χ3v) is 2.84. The van der Waals surface area contributed by atoms with Crippen molar-refractivity contribution in [1.82, 2.24) is 4.90 Å². The Morgan fingerprint density at radius 2 is 1.83 bits per heavy atom. The van der Waals surface area contributed by atoms with Gasteiger partial charge in [-0.25, -0.2) is 0 Å². The number of rotatable bonds is 6. The van der Waals surface area contributed by atoms with Crippen LogP contribution in [0.25, 0.3) is 0 Å². The molecule has 0 atom stereocenters. The molecule has 0 aliphatic carbocycles. The topological polar surface area (TPSA) is 29.5 Å². The molecule has 100 valence electrons. The number of carbonyl (C=O) groups is 1. The number of ether oxygens (including phenoxy) is 1. The highest BCUT2D eigenvalue weighted by atomic mass is 35.5. The van der Waals surface area contributed by atoms with Crippen molar-refractivity contribution in [2.24, 2.45) is 0 Å². The second-order valence-corrected chi connectivity index (χ2v) is 4.73. The Morgan fingerprint density at radius 1 is 1.22 bits per heavy atom. The molecule has 0 saturated heterocycles. The van der Waals surface area contributed by atoms with Crippen molar-refractivity contribution >= 4 is 17.5 Å². The number of hydrogen-bond acceptors (Lipinski definition) is 2.